The molecule has 0 aromatic heterocycles. The lowest BCUT2D eigenvalue weighted by atomic mass is 9.76. The molecule has 1 aromatic carbocycles. The summed E-state index contributed by atoms with van der Waals surface area (Å²) >= 11 is 5.95. The molecule has 0 radical (unpaired) electrons. The van der Waals surface area contributed by atoms with Gasteiger partial charge in [0.05, 0.1) is 5.41 Å². The van der Waals surface area contributed by atoms with Gasteiger partial charge in [0.1, 0.15) is 0 Å². The first-order valence-corrected chi connectivity index (χ1v) is 7.32. The van der Waals surface area contributed by atoms with Crippen LogP contribution in [0.15, 0.2) is 24.3 Å². The monoisotopic (exact) mass is 280 g/mol. The molecule has 4 heteroatoms. The number of amides is 1. The van der Waals surface area contributed by atoms with Crippen LogP contribution in [0.4, 0.5) is 5.69 Å². The highest BCUT2D eigenvalue weighted by atomic mass is 35.5. The zero-order chi connectivity index (χ0) is 13.7. The van der Waals surface area contributed by atoms with Gasteiger partial charge < -0.3 is 10.6 Å². The fourth-order valence-corrected chi connectivity index (χ4v) is 2.99. The molecule has 0 spiro atoms. The molecule has 0 bridgehead atoms. The maximum absolute atomic E-state index is 12.6. The fourth-order valence-electron chi connectivity index (χ4n) is 2.80. The molecule has 2 N–H and O–H groups in total. The number of hydrogen-bond donors (Lipinski definition) is 2. The second-order valence-corrected chi connectivity index (χ2v) is 5.71. The number of hydrogen-bond acceptors (Lipinski definition) is 2. The van der Waals surface area contributed by atoms with Crippen molar-refractivity contribution in [2.24, 2.45) is 5.41 Å². The first kappa shape index (κ1) is 14.4. The van der Waals surface area contributed by atoms with Crippen molar-refractivity contribution in [3.8, 4) is 0 Å². The van der Waals surface area contributed by atoms with E-state index in [2.05, 4.69) is 17.6 Å². The SMILES string of the molecule is CCCC1(C(=O)Nc2cccc(Cl)c2)CCCNC1. The maximum atomic E-state index is 12.6. The first-order chi connectivity index (χ1) is 9.16. The number of piperidine rings is 1. The summed E-state index contributed by atoms with van der Waals surface area (Å²) in [5.41, 5.74) is 0.508. The number of benzene rings is 1. The second kappa shape index (κ2) is 6.40. The van der Waals surface area contributed by atoms with Crippen molar-refractivity contribution >= 4 is 23.2 Å². The van der Waals surface area contributed by atoms with Gasteiger partial charge in [-0.1, -0.05) is 31.0 Å². The summed E-state index contributed by atoms with van der Waals surface area (Å²) in [6, 6.07) is 7.32. The van der Waals surface area contributed by atoms with E-state index in [9.17, 15) is 4.79 Å². The van der Waals surface area contributed by atoms with E-state index in [1.165, 1.54) is 0 Å². The van der Waals surface area contributed by atoms with Crippen LogP contribution in [0.3, 0.4) is 0 Å². The van der Waals surface area contributed by atoms with E-state index in [-0.39, 0.29) is 11.3 Å². The van der Waals surface area contributed by atoms with E-state index >= 15 is 0 Å². The molecule has 1 aromatic rings. The topological polar surface area (TPSA) is 41.1 Å². The highest BCUT2D eigenvalue weighted by Gasteiger charge is 2.38. The van der Waals surface area contributed by atoms with Crippen molar-refractivity contribution in [2.45, 2.75) is 32.6 Å². The smallest absolute Gasteiger partial charge is 0.231 e. The third kappa shape index (κ3) is 3.48. The second-order valence-electron chi connectivity index (χ2n) is 5.28. The van der Waals surface area contributed by atoms with E-state index in [1.54, 1.807) is 12.1 Å². The summed E-state index contributed by atoms with van der Waals surface area (Å²) < 4.78 is 0. The molecule has 1 heterocycles. The summed E-state index contributed by atoms with van der Waals surface area (Å²) in [6.45, 7) is 3.91. The highest BCUT2D eigenvalue weighted by Crippen LogP contribution is 2.33. The Morgan fingerprint density at radius 3 is 3.00 bits per heavy atom. The summed E-state index contributed by atoms with van der Waals surface area (Å²) in [7, 11) is 0. The van der Waals surface area contributed by atoms with Gasteiger partial charge in [-0.2, -0.15) is 0 Å². The van der Waals surface area contributed by atoms with E-state index in [0.29, 0.717) is 5.02 Å². The molecule has 0 aliphatic carbocycles. The van der Waals surface area contributed by atoms with Gasteiger partial charge in [-0.3, -0.25) is 4.79 Å². The Kier molecular flexibility index (Phi) is 4.83. The molecule has 1 unspecified atom stereocenters. The van der Waals surface area contributed by atoms with Crippen LogP contribution in [-0.4, -0.2) is 19.0 Å². The molecule has 104 valence electrons. The lowest BCUT2D eigenvalue weighted by Gasteiger charge is -2.36. The van der Waals surface area contributed by atoms with Crippen LogP contribution in [0.2, 0.25) is 5.02 Å². The van der Waals surface area contributed by atoms with Gasteiger partial charge in [0.15, 0.2) is 0 Å². The van der Waals surface area contributed by atoms with Gasteiger partial charge >= 0.3 is 0 Å². The minimum atomic E-state index is -0.269. The van der Waals surface area contributed by atoms with Crippen molar-refractivity contribution < 1.29 is 4.79 Å². The third-order valence-electron chi connectivity index (χ3n) is 3.76. The normalized spacial score (nSPS) is 23.1. The van der Waals surface area contributed by atoms with E-state index in [4.69, 9.17) is 11.6 Å². The van der Waals surface area contributed by atoms with Gasteiger partial charge in [0, 0.05) is 17.3 Å². The summed E-state index contributed by atoms with van der Waals surface area (Å²) in [5.74, 6) is 0.115. The summed E-state index contributed by atoms with van der Waals surface area (Å²) in [5, 5.41) is 7.01. The number of carbonyl (C=O) groups excluding carboxylic acids is 1. The number of anilines is 1. The number of halogens is 1. The van der Waals surface area contributed by atoms with Gasteiger partial charge in [0.25, 0.3) is 0 Å². The molecule has 1 aliphatic heterocycles. The minimum Gasteiger partial charge on any atom is -0.326 e. The standard InChI is InChI=1S/C15H21ClN2O/c1-2-7-15(8-4-9-17-11-15)14(19)18-13-6-3-5-12(16)10-13/h3,5-6,10,17H,2,4,7-9,11H2,1H3,(H,18,19). The highest BCUT2D eigenvalue weighted by molar-refractivity contribution is 6.30. The van der Waals surface area contributed by atoms with Gasteiger partial charge in [-0.15, -0.1) is 0 Å². The molecule has 19 heavy (non-hydrogen) atoms. The number of carbonyl (C=O) groups is 1. The number of rotatable bonds is 4. The lowest BCUT2D eigenvalue weighted by molar-refractivity contribution is -0.127. The van der Waals surface area contributed by atoms with Crippen molar-refractivity contribution in [1.82, 2.24) is 5.32 Å². The van der Waals surface area contributed by atoms with Crippen molar-refractivity contribution in [1.29, 1.82) is 0 Å². The van der Waals surface area contributed by atoms with Gasteiger partial charge in [-0.25, -0.2) is 0 Å². The Hall–Kier alpha value is -1.06. The molecular formula is C15H21ClN2O. The Morgan fingerprint density at radius 2 is 2.37 bits per heavy atom. The zero-order valence-corrected chi connectivity index (χ0v) is 12.1. The van der Waals surface area contributed by atoms with Crippen LogP contribution in [0, 0.1) is 5.41 Å². The molecule has 1 aliphatic rings. The molecule has 1 atom stereocenters. The molecule has 2 rings (SSSR count). The minimum absolute atomic E-state index is 0.115. The number of nitrogens with one attached hydrogen (secondary N) is 2. The van der Waals surface area contributed by atoms with Crippen LogP contribution < -0.4 is 10.6 Å². The Balaban J connectivity index is 2.11. The Labute approximate surface area is 119 Å². The van der Waals surface area contributed by atoms with Crippen LogP contribution in [-0.2, 0) is 4.79 Å². The molecule has 3 nitrogen and oxygen atoms in total. The van der Waals surface area contributed by atoms with Crippen molar-refractivity contribution in [3.05, 3.63) is 29.3 Å². The van der Waals surface area contributed by atoms with E-state index < -0.39 is 0 Å². The van der Waals surface area contributed by atoms with Crippen LogP contribution in [0.25, 0.3) is 0 Å². The largest absolute Gasteiger partial charge is 0.326 e. The quantitative estimate of drug-likeness (QED) is 0.887. The fraction of sp³-hybridized carbons (Fsp3) is 0.533. The Bertz CT molecular complexity index is 436. The molecular weight excluding hydrogens is 260 g/mol. The average Bonchev–Trinajstić information content (AvgIpc) is 2.40. The average molecular weight is 281 g/mol. The summed E-state index contributed by atoms with van der Waals surface area (Å²) in [6.07, 6.45) is 3.96. The summed E-state index contributed by atoms with van der Waals surface area (Å²) in [4.78, 5) is 12.6. The van der Waals surface area contributed by atoms with Gasteiger partial charge in [0.2, 0.25) is 5.91 Å². The first-order valence-electron chi connectivity index (χ1n) is 6.94. The van der Waals surface area contributed by atoms with Gasteiger partial charge in [-0.05, 0) is 44.0 Å². The van der Waals surface area contributed by atoms with Crippen LogP contribution >= 0.6 is 11.6 Å². The van der Waals surface area contributed by atoms with E-state index in [1.807, 2.05) is 12.1 Å². The maximum Gasteiger partial charge on any atom is 0.231 e. The molecule has 1 amide bonds. The third-order valence-corrected chi connectivity index (χ3v) is 4.00. The van der Waals surface area contributed by atoms with Crippen LogP contribution in [0.5, 0.6) is 0 Å². The van der Waals surface area contributed by atoms with Crippen molar-refractivity contribution in [3.63, 3.8) is 0 Å². The molecule has 1 fully saturated rings. The zero-order valence-electron chi connectivity index (χ0n) is 11.3. The predicted molar refractivity (Wildman–Crippen MR) is 79.5 cm³/mol. The predicted octanol–water partition coefficient (Wildman–Crippen LogP) is 3.45. The van der Waals surface area contributed by atoms with Crippen molar-refractivity contribution in [2.75, 3.05) is 18.4 Å². The van der Waals surface area contributed by atoms with E-state index in [0.717, 1.165) is 44.5 Å². The lowest BCUT2D eigenvalue weighted by Crippen LogP contribution is -2.48. The molecule has 1 saturated heterocycles. The van der Waals surface area contributed by atoms with Crippen LogP contribution in [0.1, 0.15) is 32.6 Å². The molecule has 0 saturated carbocycles. The Morgan fingerprint density at radius 1 is 1.53 bits per heavy atom.